The Bertz CT molecular complexity index is 365. The highest BCUT2D eigenvalue weighted by atomic mass is 31.1. The molecule has 1 nitrogen and oxygen atoms in total. The van der Waals surface area contributed by atoms with Crippen LogP contribution in [-0.4, -0.2) is 18.4 Å². The van der Waals surface area contributed by atoms with E-state index in [0.29, 0.717) is 5.16 Å². The van der Waals surface area contributed by atoms with Crippen molar-refractivity contribution < 1.29 is 4.74 Å². The molecule has 2 rings (SSSR count). The molecule has 1 aromatic rings. The minimum atomic E-state index is -0.0536. The molecule has 0 aliphatic carbocycles. The van der Waals surface area contributed by atoms with Crippen molar-refractivity contribution >= 4 is 13.2 Å². The van der Waals surface area contributed by atoms with Gasteiger partial charge < -0.3 is 4.74 Å². The maximum atomic E-state index is 5.50. The standard InChI is InChI=1S/C13H19OP/c1-13(2,3)15-9-8-10-6-5-7-11(14-4)12(10)15/h5-7H,8-9H2,1-4H3/t15-/m1/s1. The number of aryl methyl sites for hydroxylation is 1. The molecule has 1 aliphatic rings. The van der Waals surface area contributed by atoms with E-state index >= 15 is 0 Å². The maximum absolute atomic E-state index is 5.50. The summed E-state index contributed by atoms with van der Waals surface area (Å²) in [7, 11) is 1.73. The molecule has 2 heteroatoms. The Morgan fingerprint density at radius 2 is 2.00 bits per heavy atom. The smallest absolute Gasteiger partial charge is 0.126 e. The molecule has 0 spiro atoms. The predicted octanol–water partition coefficient (Wildman–Crippen LogP) is 3.16. The lowest BCUT2D eigenvalue weighted by atomic mass is 10.2. The fraction of sp³-hybridized carbons (Fsp3) is 0.538. The van der Waals surface area contributed by atoms with Crippen LogP contribution in [0.1, 0.15) is 26.3 Å². The van der Waals surface area contributed by atoms with Gasteiger partial charge in [-0.05, 0) is 29.4 Å². The highest BCUT2D eigenvalue weighted by molar-refractivity contribution is 7.67. The number of benzene rings is 1. The van der Waals surface area contributed by atoms with Gasteiger partial charge >= 0.3 is 0 Å². The van der Waals surface area contributed by atoms with Crippen LogP contribution in [0.3, 0.4) is 0 Å². The number of fused-ring (bicyclic) bond motifs is 1. The molecule has 1 atom stereocenters. The third-order valence-corrected chi connectivity index (χ3v) is 6.32. The van der Waals surface area contributed by atoms with Crippen molar-refractivity contribution in [1.29, 1.82) is 0 Å². The average molecular weight is 222 g/mol. The van der Waals surface area contributed by atoms with E-state index in [0.717, 1.165) is 5.75 Å². The minimum Gasteiger partial charge on any atom is -0.496 e. The molecular weight excluding hydrogens is 203 g/mol. The topological polar surface area (TPSA) is 9.23 Å². The van der Waals surface area contributed by atoms with Crippen LogP contribution in [0.5, 0.6) is 5.75 Å². The van der Waals surface area contributed by atoms with E-state index in [1.807, 2.05) is 0 Å². The van der Waals surface area contributed by atoms with Gasteiger partial charge in [-0.2, -0.15) is 0 Å². The highest BCUT2D eigenvalue weighted by Crippen LogP contribution is 2.54. The van der Waals surface area contributed by atoms with Crippen molar-refractivity contribution in [3.63, 3.8) is 0 Å². The van der Waals surface area contributed by atoms with Crippen LogP contribution in [0.15, 0.2) is 18.2 Å². The molecule has 0 saturated heterocycles. The summed E-state index contributed by atoms with van der Waals surface area (Å²) in [6, 6.07) is 6.47. The second-order valence-electron chi connectivity index (χ2n) is 5.04. The molecule has 1 aliphatic heterocycles. The van der Waals surface area contributed by atoms with E-state index in [2.05, 4.69) is 39.0 Å². The van der Waals surface area contributed by atoms with Gasteiger partial charge in [-0.15, -0.1) is 0 Å². The molecule has 15 heavy (non-hydrogen) atoms. The molecule has 0 aromatic heterocycles. The molecule has 0 saturated carbocycles. The largest absolute Gasteiger partial charge is 0.496 e. The van der Waals surface area contributed by atoms with E-state index < -0.39 is 0 Å². The lowest BCUT2D eigenvalue weighted by molar-refractivity contribution is 0.418. The Hall–Kier alpha value is -0.550. The van der Waals surface area contributed by atoms with Crippen LogP contribution >= 0.6 is 7.92 Å². The molecule has 1 heterocycles. The summed E-state index contributed by atoms with van der Waals surface area (Å²) in [5.74, 6) is 1.10. The SMILES string of the molecule is COc1cccc2c1[P@](C(C)(C)C)CC2. The lowest BCUT2D eigenvalue weighted by Crippen LogP contribution is -2.19. The second kappa shape index (κ2) is 3.79. The van der Waals surface area contributed by atoms with Gasteiger partial charge in [-0.25, -0.2) is 0 Å². The number of methoxy groups -OCH3 is 1. The van der Waals surface area contributed by atoms with Crippen molar-refractivity contribution in [2.75, 3.05) is 13.3 Å². The van der Waals surface area contributed by atoms with E-state index in [9.17, 15) is 0 Å². The second-order valence-corrected chi connectivity index (χ2v) is 8.13. The lowest BCUT2D eigenvalue weighted by Gasteiger charge is -2.29. The summed E-state index contributed by atoms with van der Waals surface area (Å²) in [5.41, 5.74) is 1.51. The van der Waals surface area contributed by atoms with E-state index in [-0.39, 0.29) is 7.92 Å². The van der Waals surface area contributed by atoms with Crippen LogP contribution in [0.2, 0.25) is 0 Å². The average Bonchev–Trinajstić information content (AvgIpc) is 2.59. The molecule has 1 aromatic carbocycles. The van der Waals surface area contributed by atoms with Crippen LogP contribution in [0.25, 0.3) is 0 Å². The van der Waals surface area contributed by atoms with Crippen LogP contribution < -0.4 is 10.0 Å². The molecule has 82 valence electrons. The quantitative estimate of drug-likeness (QED) is 0.663. The first-order chi connectivity index (χ1) is 7.04. The summed E-state index contributed by atoms with van der Waals surface area (Å²) >= 11 is 0. The first-order valence-electron chi connectivity index (χ1n) is 5.47. The van der Waals surface area contributed by atoms with Gasteiger partial charge in [0, 0.05) is 5.30 Å². The predicted molar refractivity (Wildman–Crippen MR) is 67.9 cm³/mol. The summed E-state index contributed by atoms with van der Waals surface area (Å²) in [6.07, 6.45) is 2.56. The molecule has 0 N–H and O–H groups in total. The first-order valence-corrected chi connectivity index (χ1v) is 7.00. The number of hydrogen-bond donors (Lipinski definition) is 0. The number of ether oxygens (including phenoxy) is 1. The Morgan fingerprint density at radius 3 is 2.60 bits per heavy atom. The molecular formula is C13H19OP. The third kappa shape index (κ3) is 1.90. The van der Waals surface area contributed by atoms with Crippen molar-refractivity contribution in [1.82, 2.24) is 0 Å². The fourth-order valence-corrected chi connectivity index (χ4v) is 5.25. The van der Waals surface area contributed by atoms with Crippen molar-refractivity contribution in [2.24, 2.45) is 0 Å². The zero-order valence-corrected chi connectivity index (χ0v) is 10.9. The van der Waals surface area contributed by atoms with Crippen molar-refractivity contribution in [3.05, 3.63) is 23.8 Å². The van der Waals surface area contributed by atoms with E-state index in [1.165, 1.54) is 23.5 Å². The van der Waals surface area contributed by atoms with Crippen molar-refractivity contribution in [3.8, 4) is 5.75 Å². The summed E-state index contributed by atoms with van der Waals surface area (Å²) < 4.78 is 5.50. The van der Waals surface area contributed by atoms with Crippen LogP contribution in [-0.2, 0) is 6.42 Å². The zero-order valence-electron chi connectivity index (χ0n) is 10.0. The summed E-state index contributed by atoms with van der Waals surface area (Å²) in [4.78, 5) is 0. The maximum Gasteiger partial charge on any atom is 0.126 e. The first kappa shape index (κ1) is 11.0. The van der Waals surface area contributed by atoms with Gasteiger partial charge in [0.15, 0.2) is 0 Å². The Morgan fingerprint density at radius 1 is 1.27 bits per heavy atom. The molecule has 0 radical (unpaired) electrons. The van der Waals surface area contributed by atoms with Gasteiger partial charge in [0.1, 0.15) is 5.75 Å². The monoisotopic (exact) mass is 222 g/mol. The fourth-order valence-electron chi connectivity index (χ4n) is 2.26. The van der Waals surface area contributed by atoms with Crippen LogP contribution in [0.4, 0.5) is 0 Å². The van der Waals surface area contributed by atoms with Gasteiger partial charge in [-0.1, -0.05) is 40.8 Å². The van der Waals surface area contributed by atoms with Gasteiger partial charge in [0.25, 0.3) is 0 Å². The summed E-state index contributed by atoms with van der Waals surface area (Å²) in [5, 5.41) is 1.91. The molecule has 0 bridgehead atoms. The summed E-state index contributed by atoms with van der Waals surface area (Å²) in [6.45, 7) is 7.04. The Kier molecular flexibility index (Phi) is 2.77. The van der Waals surface area contributed by atoms with Gasteiger partial charge in [0.05, 0.1) is 7.11 Å². The molecule has 0 amide bonds. The highest BCUT2D eigenvalue weighted by Gasteiger charge is 2.33. The Labute approximate surface area is 93.6 Å². The van der Waals surface area contributed by atoms with Gasteiger partial charge in [-0.3, -0.25) is 0 Å². The minimum absolute atomic E-state index is 0.0536. The normalized spacial score (nSPS) is 20.1. The van der Waals surface area contributed by atoms with E-state index in [4.69, 9.17) is 4.74 Å². The number of hydrogen-bond acceptors (Lipinski definition) is 1. The third-order valence-electron chi connectivity index (χ3n) is 2.99. The number of rotatable bonds is 1. The van der Waals surface area contributed by atoms with E-state index in [1.54, 1.807) is 7.11 Å². The van der Waals surface area contributed by atoms with Gasteiger partial charge in [0.2, 0.25) is 0 Å². The van der Waals surface area contributed by atoms with Crippen LogP contribution in [0, 0.1) is 0 Å². The Balaban J connectivity index is 2.48. The molecule has 0 unspecified atom stereocenters. The molecule has 0 fully saturated rings. The van der Waals surface area contributed by atoms with Crippen molar-refractivity contribution in [2.45, 2.75) is 32.3 Å². The zero-order chi connectivity index (χ0) is 11.1.